The van der Waals surface area contributed by atoms with E-state index in [1.807, 2.05) is 0 Å². The van der Waals surface area contributed by atoms with Crippen molar-refractivity contribution in [2.24, 2.45) is 64.1 Å². The number of rotatable bonds is 6. The predicted octanol–water partition coefficient (Wildman–Crippen LogP) is 9.38. The molecular formula is C30H54. The molecule has 174 valence electrons. The van der Waals surface area contributed by atoms with Crippen molar-refractivity contribution in [1.82, 2.24) is 0 Å². The largest absolute Gasteiger partial charge is 0.0651 e. The van der Waals surface area contributed by atoms with E-state index in [9.17, 15) is 0 Å². The van der Waals surface area contributed by atoms with Crippen LogP contribution in [0.25, 0.3) is 0 Å². The molecule has 0 saturated heterocycles. The van der Waals surface area contributed by atoms with Gasteiger partial charge < -0.3 is 0 Å². The maximum atomic E-state index is 2.76. The summed E-state index contributed by atoms with van der Waals surface area (Å²) in [5.74, 6) is 8.95. The Balaban J connectivity index is 1.45. The summed E-state index contributed by atoms with van der Waals surface area (Å²) in [5, 5.41) is 0. The molecular weight excluding hydrogens is 360 g/mol. The Bertz CT molecular complexity index is 577. The molecule has 4 aliphatic carbocycles. The molecule has 0 nitrogen and oxygen atoms in total. The number of hydrogen-bond donors (Lipinski definition) is 0. The van der Waals surface area contributed by atoms with Gasteiger partial charge in [-0.05, 0) is 122 Å². The maximum Gasteiger partial charge on any atom is -0.0264 e. The average molecular weight is 415 g/mol. The second kappa shape index (κ2) is 8.74. The van der Waals surface area contributed by atoms with Gasteiger partial charge in [-0.25, -0.2) is 0 Å². The molecule has 0 aliphatic heterocycles. The highest BCUT2D eigenvalue weighted by molar-refractivity contribution is 5.09. The van der Waals surface area contributed by atoms with Crippen molar-refractivity contribution in [3.05, 3.63) is 0 Å². The third kappa shape index (κ3) is 3.83. The summed E-state index contributed by atoms with van der Waals surface area (Å²) in [4.78, 5) is 0. The molecule has 0 aromatic heterocycles. The molecule has 4 fully saturated rings. The van der Waals surface area contributed by atoms with Crippen LogP contribution in [0.4, 0.5) is 0 Å². The summed E-state index contributed by atoms with van der Waals surface area (Å²) in [6, 6.07) is 0. The molecule has 4 saturated carbocycles. The van der Waals surface area contributed by atoms with Crippen LogP contribution in [0.2, 0.25) is 0 Å². The highest BCUT2D eigenvalue weighted by Gasteiger charge is 2.60. The van der Waals surface area contributed by atoms with E-state index >= 15 is 0 Å². The van der Waals surface area contributed by atoms with E-state index in [4.69, 9.17) is 0 Å². The monoisotopic (exact) mass is 414 g/mol. The summed E-state index contributed by atoms with van der Waals surface area (Å²) < 4.78 is 0. The molecule has 4 rings (SSSR count). The van der Waals surface area contributed by atoms with E-state index in [-0.39, 0.29) is 0 Å². The van der Waals surface area contributed by atoms with Crippen molar-refractivity contribution in [2.45, 2.75) is 126 Å². The van der Waals surface area contributed by atoms with Crippen LogP contribution in [0, 0.1) is 64.1 Å². The second-order valence-corrected chi connectivity index (χ2v) is 13.7. The molecule has 0 heterocycles. The Morgan fingerprint density at radius 2 is 1.50 bits per heavy atom. The predicted molar refractivity (Wildman–Crippen MR) is 131 cm³/mol. The van der Waals surface area contributed by atoms with Crippen molar-refractivity contribution in [2.75, 3.05) is 0 Å². The first-order valence-corrected chi connectivity index (χ1v) is 14.2. The van der Waals surface area contributed by atoms with E-state index in [0.29, 0.717) is 10.8 Å². The smallest absolute Gasteiger partial charge is 0.0264 e. The highest BCUT2D eigenvalue weighted by Crippen LogP contribution is 2.68. The van der Waals surface area contributed by atoms with Gasteiger partial charge in [0.05, 0.1) is 0 Å². The molecule has 9 unspecified atom stereocenters. The van der Waals surface area contributed by atoms with Crippen molar-refractivity contribution >= 4 is 0 Å². The fourth-order valence-corrected chi connectivity index (χ4v) is 10.1. The molecule has 30 heavy (non-hydrogen) atoms. The van der Waals surface area contributed by atoms with E-state index < -0.39 is 0 Å². The Hall–Kier alpha value is 0. The number of hydrogen-bond acceptors (Lipinski definition) is 0. The molecule has 0 radical (unpaired) electrons. The van der Waals surface area contributed by atoms with Crippen LogP contribution in [0.5, 0.6) is 0 Å². The van der Waals surface area contributed by atoms with E-state index in [0.717, 1.165) is 53.3 Å². The molecule has 0 amide bonds. The van der Waals surface area contributed by atoms with E-state index in [2.05, 4.69) is 48.5 Å². The SMILES string of the molecule is CCC(CCC(C)C1CCC2C3CCC4C[C@H](C)CCC4(C)C3CCC12C)C(C)C. The molecule has 0 heteroatoms. The van der Waals surface area contributed by atoms with Gasteiger partial charge in [-0.3, -0.25) is 0 Å². The third-order valence-electron chi connectivity index (χ3n) is 12.1. The van der Waals surface area contributed by atoms with Crippen LogP contribution < -0.4 is 0 Å². The van der Waals surface area contributed by atoms with Crippen LogP contribution in [-0.4, -0.2) is 0 Å². The first-order chi connectivity index (χ1) is 14.2. The molecule has 0 bridgehead atoms. The van der Waals surface area contributed by atoms with Crippen molar-refractivity contribution in [3.8, 4) is 0 Å². The van der Waals surface area contributed by atoms with E-state index in [1.54, 1.807) is 38.5 Å². The highest BCUT2D eigenvalue weighted by atomic mass is 14.6. The fourth-order valence-electron chi connectivity index (χ4n) is 10.1. The van der Waals surface area contributed by atoms with Gasteiger partial charge in [0.25, 0.3) is 0 Å². The zero-order chi connectivity index (χ0) is 21.7. The lowest BCUT2D eigenvalue weighted by Crippen LogP contribution is -2.53. The Labute approximate surface area is 189 Å². The minimum absolute atomic E-state index is 0.658. The van der Waals surface area contributed by atoms with Crippen molar-refractivity contribution < 1.29 is 0 Å². The maximum absolute atomic E-state index is 2.76. The van der Waals surface area contributed by atoms with Gasteiger partial charge in [-0.2, -0.15) is 0 Å². The topological polar surface area (TPSA) is 0 Å². The van der Waals surface area contributed by atoms with Crippen LogP contribution in [0.3, 0.4) is 0 Å². The average Bonchev–Trinajstić information content (AvgIpc) is 3.06. The van der Waals surface area contributed by atoms with Crippen LogP contribution >= 0.6 is 0 Å². The molecule has 4 aliphatic rings. The Kier molecular flexibility index (Phi) is 6.75. The van der Waals surface area contributed by atoms with Gasteiger partial charge in [0, 0.05) is 0 Å². The van der Waals surface area contributed by atoms with Gasteiger partial charge in [0.2, 0.25) is 0 Å². The van der Waals surface area contributed by atoms with Gasteiger partial charge in [0.15, 0.2) is 0 Å². The lowest BCUT2D eigenvalue weighted by Gasteiger charge is -2.61. The Morgan fingerprint density at radius 1 is 0.800 bits per heavy atom. The van der Waals surface area contributed by atoms with Crippen molar-refractivity contribution in [3.63, 3.8) is 0 Å². The zero-order valence-electron chi connectivity index (χ0n) is 21.7. The van der Waals surface area contributed by atoms with Gasteiger partial charge in [-0.1, -0.05) is 67.7 Å². The molecule has 10 atom stereocenters. The zero-order valence-corrected chi connectivity index (χ0v) is 21.7. The van der Waals surface area contributed by atoms with Crippen LogP contribution in [0.15, 0.2) is 0 Å². The third-order valence-corrected chi connectivity index (χ3v) is 12.1. The van der Waals surface area contributed by atoms with Gasteiger partial charge >= 0.3 is 0 Å². The quantitative estimate of drug-likeness (QED) is 0.406. The fraction of sp³-hybridized carbons (Fsp3) is 1.00. The first-order valence-electron chi connectivity index (χ1n) is 14.2. The summed E-state index contributed by atoms with van der Waals surface area (Å²) in [6.07, 6.45) is 18.2. The summed E-state index contributed by atoms with van der Waals surface area (Å²) in [7, 11) is 0. The summed E-state index contributed by atoms with van der Waals surface area (Å²) in [5.41, 5.74) is 1.34. The summed E-state index contributed by atoms with van der Waals surface area (Å²) in [6.45, 7) is 18.0. The second-order valence-electron chi connectivity index (χ2n) is 13.7. The standard InChI is InChI=1S/C30H54/c1-8-23(20(2)3)10-9-22(5)26-13-14-27-25-12-11-24-19-21(4)15-17-29(24,6)28(25)16-18-30(26,27)7/h20-28H,8-19H2,1-7H3/t21-,22?,23?,24?,25?,26?,27?,28?,29?,30?/m1/s1. The normalized spacial score (nSPS) is 48.0. The lowest BCUT2D eigenvalue weighted by molar-refractivity contribution is -0.120. The van der Waals surface area contributed by atoms with E-state index in [1.165, 1.54) is 38.5 Å². The first kappa shape index (κ1) is 23.2. The molecule has 0 aromatic carbocycles. The minimum atomic E-state index is 0.658. The molecule has 0 spiro atoms. The van der Waals surface area contributed by atoms with Gasteiger partial charge in [0.1, 0.15) is 0 Å². The van der Waals surface area contributed by atoms with Crippen LogP contribution in [-0.2, 0) is 0 Å². The number of fused-ring (bicyclic) bond motifs is 5. The lowest BCUT2D eigenvalue weighted by atomic mass is 9.44. The molecule has 0 aromatic rings. The minimum Gasteiger partial charge on any atom is -0.0651 e. The molecule has 0 N–H and O–H groups in total. The Morgan fingerprint density at radius 3 is 2.20 bits per heavy atom. The van der Waals surface area contributed by atoms with Crippen molar-refractivity contribution in [1.29, 1.82) is 0 Å². The summed E-state index contributed by atoms with van der Waals surface area (Å²) >= 11 is 0. The van der Waals surface area contributed by atoms with Gasteiger partial charge in [-0.15, -0.1) is 0 Å². The van der Waals surface area contributed by atoms with Crippen LogP contribution in [0.1, 0.15) is 126 Å².